The van der Waals surface area contributed by atoms with E-state index in [0.717, 1.165) is 25.7 Å². The number of carbonyl (C=O) groups excluding carboxylic acids is 1. The first-order valence-electron chi connectivity index (χ1n) is 11.1. The number of carbonyl (C=O) groups is 1. The van der Waals surface area contributed by atoms with Crippen LogP contribution in [0.3, 0.4) is 0 Å². The molecule has 2 saturated heterocycles. The van der Waals surface area contributed by atoms with Crippen LogP contribution in [0, 0.1) is 11.8 Å². The van der Waals surface area contributed by atoms with Gasteiger partial charge in [0.05, 0.1) is 19.1 Å². The zero-order chi connectivity index (χ0) is 22.4. The van der Waals surface area contributed by atoms with Crippen LogP contribution in [0.15, 0.2) is 42.5 Å². The van der Waals surface area contributed by atoms with Crippen molar-refractivity contribution in [1.29, 1.82) is 0 Å². The first-order chi connectivity index (χ1) is 14.8. The van der Waals surface area contributed by atoms with Crippen LogP contribution in [-0.2, 0) is 34.9 Å². The molecule has 0 bridgehead atoms. The standard InChI is InChI=1S/C25H36O6/c1-17(23(26)27-4)10-9-13-19(15-14-18-11-7-6-8-12-18)16-20-21-22(24(28-5)29-20)31-25(2,3)30-21/h6-12,17,19-22,24H,13-16H2,1-5H3/b10-9+/t17-,19+,20+,21-,22?,24+/m0/s1. The quantitative estimate of drug-likeness (QED) is 0.406. The Hall–Kier alpha value is -1.73. The topological polar surface area (TPSA) is 63.2 Å². The highest BCUT2D eigenvalue weighted by atomic mass is 16.8. The molecule has 1 unspecified atom stereocenters. The summed E-state index contributed by atoms with van der Waals surface area (Å²) in [4.78, 5) is 11.7. The highest BCUT2D eigenvalue weighted by molar-refractivity contribution is 5.73. The van der Waals surface area contributed by atoms with Gasteiger partial charge in [-0.05, 0) is 57.9 Å². The molecule has 0 amide bonds. The van der Waals surface area contributed by atoms with Crippen molar-refractivity contribution in [3.8, 4) is 0 Å². The molecule has 2 aliphatic rings. The maximum atomic E-state index is 11.7. The molecule has 2 fully saturated rings. The molecular weight excluding hydrogens is 396 g/mol. The van der Waals surface area contributed by atoms with Crippen molar-refractivity contribution in [2.45, 2.75) is 76.8 Å². The van der Waals surface area contributed by atoms with Gasteiger partial charge in [-0.1, -0.05) is 42.5 Å². The van der Waals surface area contributed by atoms with Crippen LogP contribution in [0.2, 0.25) is 0 Å². The van der Waals surface area contributed by atoms with Gasteiger partial charge in [0.1, 0.15) is 12.2 Å². The van der Waals surface area contributed by atoms with E-state index in [1.807, 2.05) is 32.9 Å². The number of hydrogen-bond acceptors (Lipinski definition) is 6. The van der Waals surface area contributed by atoms with Crippen LogP contribution < -0.4 is 0 Å². The predicted octanol–water partition coefficient (Wildman–Crippen LogP) is 4.27. The Balaban J connectivity index is 1.66. The van der Waals surface area contributed by atoms with Crippen LogP contribution in [0.4, 0.5) is 0 Å². The highest BCUT2D eigenvalue weighted by Crippen LogP contribution is 2.41. The lowest BCUT2D eigenvalue weighted by Crippen LogP contribution is -2.31. The maximum absolute atomic E-state index is 11.7. The van der Waals surface area contributed by atoms with Crippen LogP contribution in [0.1, 0.15) is 45.6 Å². The van der Waals surface area contributed by atoms with E-state index in [0.29, 0.717) is 5.92 Å². The summed E-state index contributed by atoms with van der Waals surface area (Å²) in [6.45, 7) is 5.71. The van der Waals surface area contributed by atoms with E-state index >= 15 is 0 Å². The first kappa shape index (κ1) is 23.9. The van der Waals surface area contributed by atoms with Gasteiger partial charge in [0.2, 0.25) is 0 Å². The Morgan fingerprint density at radius 2 is 1.87 bits per heavy atom. The monoisotopic (exact) mass is 432 g/mol. The Labute approximate surface area is 185 Å². The third-order valence-corrected chi connectivity index (χ3v) is 6.06. The van der Waals surface area contributed by atoms with E-state index in [1.54, 1.807) is 7.11 Å². The van der Waals surface area contributed by atoms with Gasteiger partial charge in [0.25, 0.3) is 0 Å². The van der Waals surface area contributed by atoms with E-state index in [1.165, 1.54) is 12.7 Å². The van der Waals surface area contributed by atoms with E-state index in [9.17, 15) is 4.79 Å². The van der Waals surface area contributed by atoms with Gasteiger partial charge in [0.15, 0.2) is 12.1 Å². The van der Waals surface area contributed by atoms with Crippen LogP contribution >= 0.6 is 0 Å². The number of ether oxygens (including phenoxy) is 5. The molecule has 1 aromatic carbocycles. The number of aryl methyl sites for hydroxylation is 1. The van der Waals surface area contributed by atoms with E-state index in [2.05, 4.69) is 30.3 Å². The summed E-state index contributed by atoms with van der Waals surface area (Å²) in [5, 5.41) is 0. The maximum Gasteiger partial charge on any atom is 0.312 e. The number of esters is 1. The van der Waals surface area contributed by atoms with Crippen molar-refractivity contribution in [1.82, 2.24) is 0 Å². The minimum absolute atomic E-state index is 0.0936. The summed E-state index contributed by atoms with van der Waals surface area (Å²) in [5.74, 6) is -0.739. The highest BCUT2D eigenvalue weighted by Gasteiger charge is 2.55. The molecule has 172 valence electrons. The molecule has 31 heavy (non-hydrogen) atoms. The third kappa shape index (κ3) is 6.39. The summed E-state index contributed by atoms with van der Waals surface area (Å²) in [6, 6.07) is 10.5. The zero-order valence-electron chi connectivity index (χ0n) is 19.3. The van der Waals surface area contributed by atoms with Crippen LogP contribution in [0.25, 0.3) is 0 Å². The second kappa shape index (κ2) is 10.7. The molecule has 1 aromatic rings. The molecule has 0 aromatic heterocycles. The summed E-state index contributed by atoms with van der Waals surface area (Å²) in [7, 11) is 3.06. The van der Waals surface area contributed by atoms with Crippen molar-refractivity contribution >= 4 is 5.97 Å². The average molecular weight is 433 g/mol. The molecule has 2 heterocycles. The number of rotatable bonds is 10. The first-order valence-corrected chi connectivity index (χ1v) is 11.1. The lowest BCUT2D eigenvalue weighted by Gasteiger charge is -2.26. The molecule has 2 aliphatic heterocycles. The molecule has 0 aliphatic carbocycles. The molecule has 3 rings (SSSR count). The summed E-state index contributed by atoms with van der Waals surface area (Å²) < 4.78 is 28.7. The minimum Gasteiger partial charge on any atom is -0.469 e. The third-order valence-electron chi connectivity index (χ3n) is 6.06. The molecule has 0 saturated carbocycles. The van der Waals surface area contributed by atoms with Gasteiger partial charge in [0, 0.05) is 7.11 Å². The lowest BCUT2D eigenvalue weighted by molar-refractivity contribution is -0.228. The van der Waals surface area contributed by atoms with Crippen LogP contribution in [0.5, 0.6) is 0 Å². The smallest absolute Gasteiger partial charge is 0.312 e. The Kier molecular flexibility index (Phi) is 8.28. The normalized spacial score (nSPS) is 29.1. The molecule has 6 nitrogen and oxygen atoms in total. The molecule has 0 spiro atoms. The fourth-order valence-corrected chi connectivity index (χ4v) is 4.44. The lowest BCUT2D eigenvalue weighted by atomic mass is 9.89. The molecule has 6 atom stereocenters. The van der Waals surface area contributed by atoms with Crippen molar-refractivity contribution in [3.63, 3.8) is 0 Å². The Morgan fingerprint density at radius 3 is 2.55 bits per heavy atom. The summed E-state index contributed by atoms with van der Waals surface area (Å²) in [6.07, 6.45) is 6.85. The number of allylic oxidation sites excluding steroid dienone is 1. The van der Waals surface area contributed by atoms with E-state index in [4.69, 9.17) is 23.7 Å². The fourth-order valence-electron chi connectivity index (χ4n) is 4.44. The molecule has 6 heteroatoms. The zero-order valence-corrected chi connectivity index (χ0v) is 19.3. The van der Waals surface area contributed by atoms with Crippen molar-refractivity contribution in [2.24, 2.45) is 11.8 Å². The fraction of sp³-hybridized carbons (Fsp3) is 0.640. The van der Waals surface area contributed by atoms with Gasteiger partial charge in [-0.25, -0.2) is 0 Å². The largest absolute Gasteiger partial charge is 0.469 e. The Bertz CT molecular complexity index is 731. The Morgan fingerprint density at radius 1 is 1.16 bits per heavy atom. The number of methoxy groups -OCH3 is 2. The van der Waals surface area contributed by atoms with Gasteiger partial charge < -0.3 is 23.7 Å². The summed E-state index contributed by atoms with van der Waals surface area (Å²) in [5.41, 5.74) is 1.32. The second-order valence-corrected chi connectivity index (χ2v) is 8.95. The van der Waals surface area contributed by atoms with Crippen LogP contribution in [-0.4, -0.2) is 50.6 Å². The van der Waals surface area contributed by atoms with Crippen molar-refractivity contribution in [2.75, 3.05) is 14.2 Å². The summed E-state index contributed by atoms with van der Waals surface area (Å²) >= 11 is 0. The van der Waals surface area contributed by atoms with Gasteiger partial charge in [-0.15, -0.1) is 0 Å². The van der Waals surface area contributed by atoms with E-state index < -0.39 is 12.1 Å². The molecule has 0 radical (unpaired) electrons. The average Bonchev–Trinajstić information content (AvgIpc) is 3.24. The predicted molar refractivity (Wildman–Crippen MR) is 117 cm³/mol. The van der Waals surface area contributed by atoms with Gasteiger partial charge >= 0.3 is 5.97 Å². The van der Waals surface area contributed by atoms with E-state index in [-0.39, 0.29) is 30.2 Å². The van der Waals surface area contributed by atoms with Crippen molar-refractivity contribution < 1.29 is 28.5 Å². The number of fused-ring (bicyclic) bond motifs is 1. The minimum atomic E-state index is -0.635. The van der Waals surface area contributed by atoms with Gasteiger partial charge in [-0.3, -0.25) is 4.79 Å². The number of hydrogen-bond donors (Lipinski definition) is 0. The molecular formula is C25H36O6. The SMILES string of the molecule is COC(=O)[C@@H](C)/C=C/C[C@H](CCc1ccccc1)C[C@H]1O[C@@H](OC)C2OC(C)(C)O[C@H]21. The van der Waals surface area contributed by atoms with Crippen molar-refractivity contribution in [3.05, 3.63) is 48.0 Å². The molecule has 0 N–H and O–H groups in total. The second-order valence-electron chi connectivity index (χ2n) is 8.95. The number of benzene rings is 1. The van der Waals surface area contributed by atoms with Gasteiger partial charge in [-0.2, -0.15) is 0 Å².